The maximum Gasteiger partial charge on any atom is 0.255 e. The number of nitrogens with one attached hydrogen (secondary N) is 1. The van der Waals surface area contributed by atoms with Crippen LogP contribution >= 0.6 is 15.9 Å². The molecule has 3 rings (SSSR count). The first-order valence-electron chi connectivity index (χ1n) is 9.54. The predicted molar refractivity (Wildman–Crippen MR) is 119 cm³/mol. The first-order valence-corrected chi connectivity index (χ1v) is 14.0. The summed E-state index contributed by atoms with van der Waals surface area (Å²) in [5.41, 5.74) is 2.58. The number of aromatic nitrogens is 4. The van der Waals surface area contributed by atoms with Gasteiger partial charge in [-0.05, 0) is 40.5 Å². The van der Waals surface area contributed by atoms with Gasteiger partial charge >= 0.3 is 0 Å². The number of carbonyl (C=O) groups excluding carboxylic acids is 1. The van der Waals surface area contributed by atoms with Crippen molar-refractivity contribution in [1.82, 2.24) is 24.8 Å². The molecule has 154 valence electrons. The van der Waals surface area contributed by atoms with Gasteiger partial charge in [-0.25, -0.2) is 9.97 Å². The zero-order chi connectivity index (χ0) is 21.0. The molecule has 29 heavy (non-hydrogen) atoms. The number of hydrogen-bond acceptors (Lipinski definition) is 5. The summed E-state index contributed by atoms with van der Waals surface area (Å²) in [4.78, 5) is 26.0. The Morgan fingerprint density at radius 2 is 2.14 bits per heavy atom. The fourth-order valence-electron chi connectivity index (χ4n) is 2.83. The standard InChI is InChI=1S/C20H26BrN5O2Si/c1-14(15-6-5-7-22-10-15)24-20(27)16-12-26(13-28-8-9-29(2,3)4)19-18(16)25-17(21)11-23-19/h5-7,10-12,14H,8-9,13H2,1-4H3,(H,24,27). The predicted octanol–water partition coefficient (Wildman–Crippen LogP) is 4.39. The molecule has 1 amide bonds. The van der Waals surface area contributed by atoms with Gasteiger partial charge in [0.1, 0.15) is 16.9 Å². The minimum atomic E-state index is -1.16. The van der Waals surface area contributed by atoms with Crippen molar-refractivity contribution < 1.29 is 9.53 Å². The highest BCUT2D eigenvalue weighted by Gasteiger charge is 2.20. The lowest BCUT2D eigenvalue weighted by Gasteiger charge is -2.15. The van der Waals surface area contributed by atoms with Crippen LogP contribution in [0.3, 0.4) is 0 Å². The van der Waals surface area contributed by atoms with Crippen molar-refractivity contribution in [3.05, 3.63) is 52.7 Å². The Hall–Kier alpha value is -2.10. The third-order valence-corrected chi connectivity index (χ3v) is 6.63. The van der Waals surface area contributed by atoms with E-state index in [0.29, 0.717) is 34.7 Å². The fraction of sp³-hybridized carbons (Fsp3) is 0.400. The lowest BCUT2D eigenvalue weighted by molar-refractivity contribution is 0.0890. The molecule has 3 aromatic heterocycles. The Morgan fingerprint density at radius 3 is 2.83 bits per heavy atom. The molecule has 9 heteroatoms. The summed E-state index contributed by atoms with van der Waals surface area (Å²) in [5.74, 6) is -0.209. The fourth-order valence-corrected chi connectivity index (χ4v) is 3.86. The molecule has 0 aliphatic rings. The number of fused-ring (bicyclic) bond motifs is 1. The zero-order valence-electron chi connectivity index (χ0n) is 17.1. The molecular formula is C20H26BrN5O2Si. The minimum Gasteiger partial charge on any atom is -0.361 e. The van der Waals surface area contributed by atoms with Gasteiger partial charge in [-0.15, -0.1) is 0 Å². The van der Waals surface area contributed by atoms with Crippen molar-refractivity contribution in [2.75, 3.05) is 6.61 Å². The number of ether oxygens (including phenoxy) is 1. The van der Waals surface area contributed by atoms with Gasteiger partial charge in [0.05, 0.1) is 17.8 Å². The second kappa shape index (κ2) is 9.14. The summed E-state index contributed by atoms with van der Waals surface area (Å²) in [6, 6.07) is 4.69. The molecule has 0 aliphatic carbocycles. The highest BCUT2D eigenvalue weighted by Crippen LogP contribution is 2.21. The third kappa shape index (κ3) is 5.71. The Balaban J connectivity index is 1.79. The monoisotopic (exact) mass is 475 g/mol. The van der Waals surface area contributed by atoms with Crippen LogP contribution in [0.25, 0.3) is 11.2 Å². The summed E-state index contributed by atoms with van der Waals surface area (Å²) in [6.45, 7) is 9.90. The molecule has 0 radical (unpaired) electrons. The molecule has 1 N–H and O–H groups in total. The van der Waals surface area contributed by atoms with E-state index in [0.717, 1.165) is 11.6 Å². The van der Waals surface area contributed by atoms with Gasteiger partial charge in [-0.2, -0.15) is 0 Å². The molecule has 0 aliphatic heterocycles. The Kier molecular flexibility index (Phi) is 6.81. The van der Waals surface area contributed by atoms with E-state index in [4.69, 9.17) is 4.74 Å². The highest BCUT2D eigenvalue weighted by molar-refractivity contribution is 9.10. The van der Waals surface area contributed by atoms with Crippen LogP contribution in [0.15, 0.2) is 41.5 Å². The molecule has 0 aromatic carbocycles. The van der Waals surface area contributed by atoms with Gasteiger partial charge in [0.15, 0.2) is 5.65 Å². The number of rotatable bonds is 8. The normalized spacial score (nSPS) is 12.9. The van der Waals surface area contributed by atoms with Crippen LogP contribution in [-0.4, -0.2) is 40.1 Å². The Morgan fingerprint density at radius 1 is 1.34 bits per heavy atom. The van der Waals surface area contributed by atoms with Crippen LogP contribution in [0.4, 0.5) is 0 Å². The number of hydrogen-bond donors (Lipinski definition) is 1. The highest BCUT2D eigenvalue weighted by atomic mass is 79.9. The molecule has 1 atom stereocenters. The van der Waals surface area contributed by atoms with Crippen molar-refractivity contribution in [3.8, 4) is 0 Å². The quantitative estimate of drug-likeness (QED) is 0.385. The number of carbonyl (C=O) groups is 1. The van der Waals surface area contributed by atoms with Crippen LogP contribution in [0.2, 0.25) is 25.7 Å². The van der Waals surface area contributed by atoms with Crippen LogP contribution in [-0.2, 0) is 11.5 Å². The number of pyridine rings is 1. The SMILES string of the molecule is CC(NC(=O)c1cn(COCC[Si](C)(C)C)c2ncc(Br)nc12)c1cccnc1. The lowest BCUT2D eigenvalue weighted by atomic mass is 10.1. The van der Waals surface area contributed by atoms with Crippen molar-refractivity contribution in [3.63, 3.8) is 0 Å². The third-order valence-electron chi connectivity index (χ3n) is 4.54. The summed E-state index contributed by atoms with van der Waals surface area (Å²) < 4.78 is 8.27. The van der Waals surface area contributed by atoms with E-state index in [-0.39, 0.29) is 11.9 Å². The molecule has 0 saturated heterocycles. The van der Waals surface area contributed by atoms with Crippen molar-refractivity contribution in [2.45, 2.75) is 45.4 Å². The van der Waals surface area contributed by atoms with Crippen LogP contribution in [0, 0.1) is 0 Å². The number of halogens is 1. The molecule has 0 saturated carbocycles. The van der Waals surface area contributed by atoms with E-state index in [1.807, 2.05) is 23.6 Å². The summed E-state index contributed by atoms with van der Waals surface area (Å²) >= 11 is 3.35. The van der Waals surface area contributed by atoms with Crippen LogP contribution in [0.1, 0.15) is 28.9 Å². The van der Waals surface area contributed by atoms with Gasteiger partial charge in [0.2, 0.25) is 0 Å². The van der Waals surface area contributed by atoms with Gasteiger partial charge in [-0.3, -0.25) is 9.78 Å². The summed E-state index contributed by atoms with van der Waals surface area (Å²) in [5, 5.41) is 3.01. The Labute approximate surface area is 180 Å². The first-order chi connectivity index (χ1) is 13.7. The van der Waals surface area contributed by atoms with Gasteiger partial charge in [0, 0.05) is 33.3 Å². The van der Waals surface area contributed by atoms with E-state index >= 15 is 0 Å². The van der Waals surface area contributed by atoms with Crippen molar-refractivity contribution in [2.24, 2.45) is 0 Å². The topological polar surface area (TPSA) is 81.9 Å². The molecular weight excluding hydrogens is 450 g/mol. The van der Waals surface area contributed by atoms with E-state index in [9.17, 15) is 4.79 Å². The van der Waals surface area contributed by atoms with Crippen molar-refractivity contribution >= 4 is 41.1 Å². The second-order valence-corrected chi connectivity index (χ2v) is 14.6. The van der Waals surface area contributed by atoms with Crippen LogP contribution in [0.5, 0.6) is 0 Å². The second-order valence-electron chi connectivity index (χ2n) is 8.21. The molecule has 3 aromatic rings. The molecule has 0 spiro atoms. The number of nitrogens with zero attached hydrogens (tertiary/aromatic N) is 4. The molecule has 1 unspecified atom stereocenters. The average Bonchev–Trinajstić information content (AvgIpc) is 3.03. The minimum absolute atomic E-state index is 0.178. The smallest absolute Gasteiger partial charge is 0.255 e. The maximum atomic E-state index is 13.0. The molecule has 0 bridgehead atoms. The van der Waals surface area contributed by atoms with E-state index in [2.05, 4.69) is 55.8 Å². The largest absolute Gasteiger partial charge is 0.361 e. The summed E-state index contributed by atoms with van der Waals surface area (Å²) in [6.07, 6.45) is 6.84. The van der Waals surface area contributed by atoms with E-state index in [1.54, 1.807) is 24.8 Å². The van der Waals surface area contributed by atoms with E-state index < -0.39 is 8.07 Å². The molecule has 0 fully saturated rings. The average molecular weight is 476 g/mol. The van der Waals surface area contributed by atoms with Crippen LogP contribution < -0.4 is 5.32 Å². The molecule has 3 heterocycles. The Bertz CT molecular complexity index is 988. The molecule has 7 nitrogen and oxygen atoms in total. The summed E-state index contributed by atoms with van der Waals surface area (Å²) in [7, 11) is -1.16. The van der Waals surface area contributed by atoms with E-state index in [1.165, 1.54) is 0 Å². The van der Waals surface area contributed by atoms with Gasteiger partial charge in [-0.1, -0.05) is 25.7 Å². The zero-order valence-corrected chi connectivity index (χ0v) is 19.7. The van der Waals surface area contributed by atoms with Crippen molar-refractivity contribution in [1.29, 1.82) is 0 Å². The first kappa shape index (κ1) is 21.6. The lowest BCUT2D eigenvalue weighted by Crippen LogP contribution is -2.26. The van der Waals surface area contributed by atoms with Gasteiger partial charge < -0.3 is 14.6 Å². The maximum absolute atomic E-state index is 13.0. The van der Waals surface area contributed by atoms with Gasteiger partial charge in [0.25, 0.3) is 5.91 Å². The number of amides is 1.